The summed E-state index contributed by atoms with van der Waals surface area (Å²) in [6.45, 7) is 8.79. The van der Waals surface area contributed by atoms with Crippen LogP contribution in [0.25, 0.3) is 0 Å². The van der Waals surface area contributed by atoms with Gasteiger partial charge >= 0.3 is 0 Å². The van der Waals surface area contributed by atoms with E-state index in [1.54, 1.807) is 0 Å². The highest BCUT2D eigenvalue weighted by atomic mass is 16.3. The van der Waals surface area contributed by atoms with E-state index in [1.807, 2.05) is 6.08 Å². The molecule has 8 aliphatic rings. The van der Waals surface area contributed by atoms with Gasteiger partial charge in [-0.3, -0.25) is 14.4 Å². The van der Waals surface area contributed by atoms with Crippen molar-refractivity contribution in [3.63, 3.8) is 0 Å². The van der Waals surface area contributed by atoms with Crippen molar-refractivity contribution in [2.24, 2.45) is 57.2 Å². The number of allylic oxidation sites excluding steroid dienone is 1. The molecule has 14 atom stereocenters. The minimum absolute atomic E-state index is 0.0306. The van der Waals surface area contributed by atoms with E-state index < -0.39 is 17.8 Å². The van der Waals surface area contributed by atoms with Crippen LogP contribution in [-0.2, 0) is 14.4 Å². The molecule has 7 nitrogen and oxygen atoms in total. The van der Waals surface area contributed by atoms with Crippen LogP contribution < -0.4 is 0 Å². The second kappa shape index (κ2) is 10.5. The minimum atomic E-state index is -1.26. The third kappa shape index (κ3) is 4.38. The highest BCUT2D eigenvalue weighted by molar-refractivity contribution is 5.91. The molecule has 7 heteroatoms. The lowest BCUT2D eigenvalue weighted by Gasteiger charge is -2.64. The first-order valence-electron chi connectivity index (χ1n) is 18.1. The first-order valence-corrected chi connectivity index (χ1v) is 18.1. The molecule has 0 radical (unpaired) electrons. The Kier molecular flexibility index (Phi) is 7.53. The van der Waals surface area contributed by atoms with Crippen LogP contribution in [0.15, 0.2) is 11.6 Å². The molecule has 0 aromatic rings. The zero-order valence-corrected chi connectivity index (χ0v) is 27.9. The lowest BCUT2D eigenvalue weighted by atomic mass is 9.43. The lowest BCUT2D eigenvalue weighted by molar-refractivity contribution is -0.249. The Balaban J connectivity index is 0.000000145. The summed E-state index contributed by atoms with van der Waals surface area (Å²) in [6.07, 6.45) is 12.2. The van der Waals surface area contributed by atoms with Crippen molar-refractivity contribution in [1.82, 2.24) is 0 Å². The molecule has 0 unspecified atom stereocenters. The standard InChI is InChI=1S/C19H30O4.C19H26O3/c1-17-7-6-14-12(13(17)3-4-15(17)21)9-16(22)19(23)10-11(20)5-8-18(14,19)2;1-18-7-5-12(20)9-11(18)3-4-13-14(18)6-8-19(2)15(13)10-16(21)17(19)22/h12-16,21-23H,3-10H2,1-2H3;9,13-15,17,22H,3-8,10H2,1-2H3/t12-,13-,14-,15-,16+,17-,18+,19-;13-,14+,15+,17+,18+,19+/m01/s1. The summed E-state index contributed by atoms with van der Waals surface area (Å²) < 4.78 is 0. The topological polar surface area (TPSA) is 132 Å². The molecule has 45 heavy (non-hydrogen) atoms. The summed E-state index contributed by atoms with van der Waals surface area (Å²) in [6, 6.07) is 0. The number of carbonyl (C=O) groups is 3. The first-order chi connectivity index (χ1) is 21.1. The summed E-state index contributed by atoms with van der Waals surface area (Å²) in [5, 5.41) is 42.9. The molecule has 7 fully saturated rings. The zero-order chi connectivity index (χ0) is 32.3. The molecule has 0 heterocycles. The maximum atomic E-state index is 12.1. The van der Waals surface area contributed by atoms with Crippen LogP contribution in [0, 0.1) is 57.2 Å². The molecule has 7 saturated carbocycles. The van der Waals surface area contributed by atoms with Crippen LogP contribution in [0.3, 0.4) is 0 Å². The zero-order valence-electron chi connectivity index (χ0n) is 27.9. The molecule has 0 amide bonds. The molecule has 8 aliphatic carbocycles. The Labute approximate surface area is 268 Å². The van der Waals surface area contributed by atoms with Gasteiger partial charge in [0.25, 0.3) is 0 Å². The molecular formula is C38H56O7. The van der Waals surface area contributed by atoms with Gasteiger partial charge in [0.15, 0.2) is 11.6 Å². The van der Waals surface area contributed by atoms with Gasteiger partial charge in [-0.2, -0.15) is 0 Å². The Morgan fingerprint density at radius 3 is 2.16 bits per heavy atom. The van der Waals surface area contributed by atoms with Gasteiger partial charge in [-0.05, 0) is 123 Å². The van der Waals surface area contributed by atoms with Gasteiger partial charge in [0.05, 0.1) is 12.2 Å². The van der Waals surface area contributed by atoms with E-state index in [0.717, 1.165) is 57.8 Å². The van der Waals surface area contributed by atoms with E-state index in [2.05, 4.69) is 27.7 Å². The molecular weight excluding hydrogens is 568 g/mol. The van der Waals surface area contributed by atoms with E-state index in [4.69, 9.17) is 0 Å². The van der Waals surface area contributed by atoms with Gasteiger partial charge in [-0.15, -0.1) is 0 Å². The number of aliphatic hydroxyl groups excluding tert-OH is 3. The predicted octanol–water partition coefficient (Wildman–Crippen LogP) is 5.10. The molecule has 4 N–H and O–H groups in total. The van der Waals surface area contributed by atoms with Gasteiger partial charge in [-0.25, -0.2) is 0 Å². The van der Waals surface area contributed by atoms with Crippen LogP contribution in [0.2, 0.25) is 0 Å². The fourth-order valence-electron chi connectivity index (χ4n) is 13.4. The molecule has 0 spiro atoms. The number of ketones is 3. The van der Waals surface area contributed by atoms with E-state index in [1.165, 1.54) is 5.57 Å². The van der Waals surface area contributed by atoms with E-state index in [9.17, 15) is 34.8 Å². The number of Topliss-reactive ketones (excluding diaryl/α,β-unsaturated/α-hetero) is 2. The number of hydrogen-bond acceptors (Lipinski definition) is 7. The van der Waals surface area contributed by atoms with Gasteiger partial charge in [0.2, 0.25) is 0 Å². The monoisotopic (exact) mass is 624 g/mol. The molecule has 0 aromatic carbocycles. The second-order valence-corrected chi connectivity index (χ2v) is 17.9. The average molecular weight is 625 g/mol. The quantitative estimate of drug-likeness (QED) is 0.295. The summed E-state index contributed by atoms with van der Waals surface area (Å²) in [4.78, 5) is 35.8. The fourth-order valence-corrected chi connectivity index (χ4v) is 13.4. The summed E-state index contributed by atoms with van der Waals surface area (Å²) in [5.74, 6) is 3.03. The fraction of sp³-hybridized carbons (Fsp3) is 0.868. The van der Waals surface area contributed by atoms with E-state index in [-0.39, 0.29) is 51.5 Å². The van der Waals surface area contributed by atoms with E-state index >= 15 is 0 Å². The van der Waals surface area contributed by atoms with Gasteiger partial charge in [0.1, 0.15) is 17.5 Å². The van der Waals surface area contributed by atoms with Crippen molar-refractivity contribution in [3.05, 3.63) is 11.6 Å². The van der Waals surface area contributed by atoms with Gasteiger partial charge in [0, 0.05) is 36.5 Å². The smallest absolute Gasteiger partial charge is 0.162 e. The van der Waals surface area contributed by atoms with Crippen molar-refractivity contribution >= 4 is 17.3 Å². The Morgan fingerprint density at radius 2 is 1.40 bits per heavy atom. The third-order valence-corrected chi connectivity index (χ3v) is 16.4. The van der Waals surface area contributed by atoms with Crippen molar-refractivity contribution in [2.75, 3.05) is 0 Å². The predicted molar refractivity (Wildman–Crippen MR) is 169 cm³/mol. The van der Waals surface area contributed by atoms with Crippen molar-refractivity contribution in [2.45, 2.75) is 148 Å². The number of rotatable bonds is 0. The molecule has 0 saturated heterocycles. The molecule has 0 bridgehead atoms. The van der Waals surface area contributed by atoms with Crippen LogP contribution in [0.4, 0.5) is 0 Å². The third-order valence-electron chi connectivity index (χ3n) is 16.4. The van der Waals surface area contributed by atoms with Crippen LogP contribution in [-0.4, -0.2) is 61.7 Å². The SMILES string of the molecule is C[C@]12CC[C@H]3[C@@H](CCC4=CC(=O)CC[C@@]43C)[C@@H]1CC(=O)[C@@H]2O.C[C@]12CC[C@H]3[C@@H](C[C@@H](O)[C@@]4(O)CC(=O)CC[C@]34C)[C@@H]1CC[C@@H]2O. The lowest BCUT2D eigenvalue weighted by Crippen LogP contribution is -2.68. The summed E-state index contributed by atoms with van der Waals surface area (Å²) >= 11 is 0. The van der Waals surface area contributed by atoms with E-state index in [0.29, 0.717) is 67.6 Å². The Hall–Kier alpha value is -1.41. The Bertz CT molecular complexity index is 1310. The summed E-state index contributed by atoms with van der Waals surface area (Å²) in [5.41, 5.74) is -0.364. The highest BCUT2D eigenvalue weighted by Gasteiger charge is 2.67. The number of fused-ring (bicyclic) bond motifs is 10. The maximum absolute atomic E-state index is 12.1. The highest BCUT2D eigenvalue weighted by Crippen LogP contribution is 2.67. The van der Waals surface area contributed by atoms with Crippen molar-refractivity contribution in [1.29, 1.82) is 0 Å². The van der Waals surface area contributed by atoms with Crippen LogP contribution in [0.5, 0.6) is 0 Å². The summed E-state index contributed by atoms with van der Waals surface area (Å²) in [7, 11) is 0. The average Bonchev–Trinajstić information content (AvgIpc) is 3.42. The Morgan fingerprint density at radius 1 is 0.689 bits per heavy atom. The number of carbonyl (C=O) groups excluding carboxylic acids is 3. The minimum Gasteiger partial charge on any atom is -0.393 e. The van der Waals surface area contributed by atoms with Crippen molar-refractivity contribution < 1.29 is 34.8 Å². The second-order valence-electron chi connectivity index (χ2n) is 17.9. The molecule has 8 rings (SSSR count). The van der Waals surface area contributed by atoms with Gasteiger partial charge < -0.3 is 20.4 Å². The molecule has 0 aromatic heterocycles. The van der Waals surface area contributed by atoms with Gasteiger partial charge in [-0.1, -0.05) is 33.3 Å². The van der Waals surface area contributed by atoms with Crippen LogP contribution in [0.1, 0.15) is 124 Å². The first kappa shape index (κ1) is 32.2. The molecule has 250 valence electrons. The van der Waals surface area contributed by atoms with Crippen LogP contribution >= 0.6 is 0 Å². The normalized spacial score (nSPS) is 55.2. The maximum Gasteiger partial charge on any atom is 0.162 e. The number of aliphatic hydroxyl groups is 4. The largest absolute Gasteiger partial charge is 0.393 e. The molecule has 0 aliphatic heterocycles. The number of hydrogen-bond donors (Lipinski definition) is 4. The van der Waals surface area contributed by atoms with Crippen molar-refractivity contribution in [3.8, 4) is 0 Å².